The van der Waals surface area contributed by atoms with Crippen molar-refractivity contribution in [2.24, 2.45) is 0 Å². The van der Waals surface area contributed by atoms with Gasteiger partial charge >= 0.3 is 0 Å². The molecule has 4 heteroatoms. The molecule has 1 amide bonds. The van der Waals surface area contributed by atoms with Crippen molar-refractivity contribution >= 4 is 43.4 Å². The van der Waals surface area contributed by atoms with E-state index in [1.54, 1.807) is 0 Å². The molecule has 1 N–H and O–H groups in total. The van der Waals surface area contributed by atoms with Crippen LogP contribution >= 0.6 is 11.3 Å². The lowest BCUT2D eigenvalue weighted by atomic mass is 10.1. The van der Waals surface area contributed by atoms with Gasteiger partial charge in [0.25, 0.3) is 0 Å². The fourth-order valence-electron chi connectivity index (χ4n) is 2.23. The van der Waals surface area contributed by atoms with E-state index in [9.17, 15) is 4.79 Å². The SMILES string of the molecule is CCCCC(=O)Nc1nc2c(ccc3ccccc32)s1. The largest absolute Gasteiger partial charge is 0.302 e. The quantitative estimate of drug-likeness (QED) is 0.762. The van der Waals surface area contributed by atoms with Gasteiger partial charge in [-0.15, -0.1) is 0 Å². The van der Waals surface area contributed by atoms with E-state index in [0.29, 0.717) is 11.6 Å². The van der Waals surface area contributed by atoms with Crippen molar-refractivity contribution in [3.05, 3.63) is 36.4 Å². The average Bonchev–Trinajstić information content (AvgIpc) is 2.88. The molecule has 0 radical (unpaired) electrons. The predicted molar refractivity (Wildman–Crippen MR) is 85.3 cm³/mol. The Balaban J connectivity index is 1.94. The van der Waals surface area contributed by atoms with Crippen molar-refractivity contribution in [2.75, 3.05) is 5.32 Å². The number of carbonyl (C=O) groups excluding carboxylic acids is 1. The molecule has 0 aliphatic heterocycles. The molecule has 0 aliphatic carbocycles. The third-order valence-corrected chi connectivity index (χ3v) is 4.22. The number of nitrogens with one attached hydrogen (secondary N) is 1. The highest BCUT2D eigenvalue weighted by atomic mass is 32.1. The van der Waals surface area contributed by atoms with Crippen molar-refractivity contribution in [2.45, 2.75) is 26.2 Å². The molecule has 0 unspecified atom stereocenters. The molecule has 3 rings (SSSR count). The molecule has 102 valence electrons. The Kier molecular flexibility index (Phi) is 3.65. The lowest BCUT2D eigenvalue weighted by Gasteiger charge is -1.99. The lowest BCUT2D eigenvalue weighted by Crippen LogP contribution is -2.10. The fourth-order valence-corrected chi connectivity index (χ4v) is 3.13. The minimum absolute atomic E-state index is 0.0511. The van der Waals surface area contributed by atoms with E-state index in [0.717, 1.165) is 28.4 Å². The Morgan fingerprint density at radius 3 is 2.95 bits per heavy atom. The molecular weight excluding hydrogens is 268 g/mol. The first-order valence-electron chi connectivity index (χ1n) is 6.86. The van der Waals surface area contributed by atoms with Crippen molar-refractivity contribution < 1.29 is 4.79 Å². The van der Waals surface area contributed by atoms with Crippen LogP contribution < -0.4 is 5.32 Å². The number of hydrogen-bond acceptors (Lipinski definition) is 3. The fraction of sp³-hybridized carbons (Fsp3) is 0.250. The van der Waals surface area contributed by atoms with Crippen molar-refractivity contribution in [3.8, 4) is 0 Å². The average molecular weight is 284 g/mol. The van der Waals surface area contributed by atoms with Gasteiger partial charge < -0.3 is 5.32 Å². The second-order valence-electron chi connectivity index (χ2n) is 4.80. The topological polar surface area (TPSA) is 42.0 Å². The van der Waals surface area contributed by atoms with E-state index >= 15 is 0 Å². The molecule has 3 aromatic rings. The van der Waals surface area contributed by atoms with E-state index in [-0.39, 0.29) is 5.91 Å². The van der Waals surface area contributed by atoms with Crippen LogP contribution in [0.2, 0.25) is 0 Å². The number of benzene rings is 2. The first-order valence-corrected chi connectivity index (χ1v) is 7.67. The lowest BCUT2D eigenvalue weighted by molar-refractivity contribution is -0.116. The maximum absolute atomic E-state index is 11.8. The first-order chi connectivity index (χ1) is 9.78. The van der Waals surface area contributed by atoms with E-state index in [1.165, 1.54) is 16.7 Å². The summed E-state index contributed by atoms with van der Waals surface area (Å²) >= 11 is 1.53. The van der Waals surface area contributed by atoms with Gasteiger partial charge in [0.2, 0.25) is 5.91 Å². The highest BCUT2D eigenvalue weighted by molar-refractivity contribution is 7.22. The van der Waals surface area contributed by atoms with Gasteiger partial charge in [-0.1, -0.05) is 55.0 Å². The molecular formula is C16H16N2OS. The van der Waals surface area contributed by atoms with Crippen molar-refractivity contribution in [3.63, 3.8) is 0 Å². The Bertz CT molecular complexity index is 763. The summed E-state index contributed by atoms with van der Waals surface area (Å²) in [6.07, 6.45) is 2.50. The van der Waals surface area contributed by atoms with Gasteiger partial charge in [0.05, 0.1) is 10.2 Å². The number of nitrogens with zero attached hydrogens (tertiary/aromatic N) is 1. The maximum Gasteiger partial charge on any atom is 0.226 e. The summed E-state index contributed by atoms with van der Waals surface area (Å²) < 4.78 is 1.11. The molecule has 0 fully saturated rings. The van der Waals surface area contributed by atoms with Gasteiger partial charge in [0, 0.05) is 11.8 Å². The zero-order valence-electron chi connectivity index (χ0n) is 11.3. The summed E-state index contributed by atoms with van der Waals surface area (Å²) in [4.78, 5) is 16.3. The van der Waals surface area contributed by atoms with Crippen LogP contribution in [0.15, 0.2) is 36.4 Å². The monoisotopic (exact) mass is 284 g/mol. The van der Waals surface area contributed by atoms with E-state index in [4.69, 9.17) is 0 Å². The van der Waals surface area contributed by atoms with Gasteiger partial charge in [-0.3, -0.25) is 4.79 Å². The summed E-state index contributed by atoms with van der Waals surface area (Å²) in [6, 6.07) is 12.3. The summed E-state index contributed by atoms with van der Waals surface area (Å²) in [7, 11) is 0. The highest BCUT2D eigenvalue weighted by Crippen LogP contribution is 2.31. The number of fused-ring (bicyclic) bond motifs is 3. The molecule has 0 aliphatic rings. The van der Waals surface area contributed by atoms with Gasteiger partial charge in [0.15, 0.2) is 5.13 Å². The highest BCUT2D eigenvalue weighted by Gasteiger charge is 2.09. The van der Waals surface area contributed by atoms with Crippen molar-refractivity contribution in [1.82, 2.24) is 4.98 Å². The van der Waals surface area contributed by atoms with Crippen LogP contribution in [-0.2, 0) is 4.79 Å². The van der Waals surface area contributed by atoms with Gasteiger partial charge in [-0.2, -0.15) is 0 Å². The number of amides is 1. The molecule has 0 saturated carbocycles. The van der Waals surface area contributed by atoms with Crippen LogP contribution in [0.5, 0.6) is 0 Å². The summed E-state index contributed by atoms with van der Waals surface area (Å²) in [5.41, 5.74) is 0.971. The zero-order valence-corrected chi connectivity index (χ0v) is 12.2. The molecule has 2 aromatic carbocycles. The number of anilines is 1. The molecule has 3 nitrogen and oxygen atoms in total. The van der Waals surface area contributed by atoms with Gasteiger partial charge in [-0.05, 0) is 17.9 Å². The van der Waals surface area contributed by atoms with Crippen LogP contribution in [0.1, 0.15) is 26.2 Å². The smallest absolute Gasteiger partial charge is 0.226 e. The van der Waals surface area contributed by atoms with Crippen LogP contribution in [0.25, 0.3) is 21.0 Å². The summed E-state index contributed by atoms with van der Waals surface area (Å²) in [5.74, 6) is 0.0511. The van der Waals surface area contributed by atoms with Crippen LogP contribution in [0.3, 0.4) is 0 Å². The standard InChI is InChI=1S/C16H16N2OS/c1-2-3-8-14(19)17-16-18-15-12-7-5-4-6-11(12)9-10-13(15)20-16/h4-7,9-10H,2-3,8H2,1H3,(H,17,18,19). The second kappa shape index (κ2) is 5.59. The third kappa shape index (κ3) is 2.51. The number of thiazole rings is 1. The molecule has 20 heavy (non-hydrogen) atoms. The molecule has 0 spiro atoms. The second-order valence-corrected chi connectivity index (χ2v) is 5.83. The number of carbonyl (C=O) groups is 1. The molecule has 0 atom stereocenters. The Morgan fingerprint density at radius 2 is 2.10 bits per heavy atom. The number of unbranched alkanes of at least 4 members (excludes halogenated alkanes) is 1. The Morgan fingerprint density at radius 1 is 1.25 bits per heavy atom. The normalized spacial score (nSPS) is 11.1. The third-order valence-electron chi connectivity index (χ3n) is 3.29. The van der Waals surface area contributed by atoms with Gasteiger partial charge in [-0.25, -0.2) is 4.98 Å². The van der Waals surface area contributed by atoms with E-state index in [1.807, 2.05) is 12.1 Å². The maximum atomic E-state index is 11.8. The van der Waals surface area contributed by atoms with Crippen LogP contribution in [-0.4, -0.2) is 10.9 Å². The van der Waals surface area contributed by atoms with Crippen LogP contribution in [0, 0.1) is 0 Å². The molecule has 0 bridgehead atoms. The number of aromatic nitrogens is 1. The van der Waals surface area contributed by atoms with E-state index in [2.05, 4.69) is 41.5 Å². The number of rotatable bonds is 4. The Hall–Kier alpha value is -1.94. The summed E-state index contributed by atoms with van der Waals surface area (Å²) in [6.45, 7) is 2.08. The molecule has 0 saturated heterocycles. The first kappa shape index (κ1) is 13.1. The minimum atomic E-state index is 0.0511. The Labute approximate surface area is 121 Å². The minimum Gasteiger partial charge on any atom is -0.302 e. The molecule has 1 aromatic heterocycles. The summed E-state index contributed by atoms with van der Waals surface area (Å²) in [5, 5.41) is 5.90. The zero-order chi connectivity index (χ0) is 13.9. The number of hydrogen-bond donors (Lipinski definition) is 1. The van der Waals surface area contributed by atoms with Gasteiger partial charge in [0.1, 0.15) is 0 Å². The van der Waals surface area contributed by atoms with Crippen molar-refractivity contribution in [1.29, 1.82) is 0 Å². The van der Waals surface area contributed by atoms with E-state index < -0.39 is 0 Å². The van der Waals surface area contributed by atoms with Crippen LogP contribution in [0.4, 0.5) is 5.13 Å². The molecule has 1 heterocycles. The predicted octanol–water partition coefficient (Wildman–Crippen LogP) is 4.58.